The van der Waals surface area contributed by atoms with E-state index in [2.05, 4.69) is 9.72 Å². The molecule has 0 unspecified atom stereocenters. The largest absolute Gasteiger partial charge is 0.469 e. The van der Waals surface area contributed by atoms with Crippen LogP contribution in [0.2, 0.25) is 0 Å². The van der Waals surface area contributed by atoms with Crippen LogP contribution < -0.4 is 0 Å². The van der Waals surface area contributed by atoms with E-state index in [1.54, 1.807) is 6.20 Å². The van der Waals surface area contributed by atoms with Crippen molar-refractivity contribution in [2.24, 2.45) is 0 Å². The van der Waals surface area contributed by atoms with Gasteiger partial charge in [-0.15, -0.1) is 0 Å². The first-order chi connectivity index (χ1) is 7.74. The SMILES string of the molecule is CC.CC.COC(=O)Cc1cccnc1C. The monoisotopic (exact) mass is 225 g/mol. The molecule has 92 valence electrons. The number of aromatic nitrogens is 1. The molecule has 3 nitrogen and oxygen atoms in total. The van der Waals surface area contributed by atoms with Gasteiger partial charge in [-0.2, -0.15) is 0 Å². The molecule has 0 saturated carbocycles. The summed E-state index contributed by atoms with van der Waals surface area (Å²) < 4.78 is 4.54. The van der Waals surface area contributed by atoms with Gasteiger partial charge >= 0.3 is 5.97 Å². The van der Waals surface area contributed by atoms with Crippen molar-refractivity contribution >= 4 is 5.97 Å². The quantitative estimate of drug-likeness (QED) is 0.726. The van der Waals surface area contributed by atoms with Crippen molar-refractivity contribution in [2.75, 3.05) is 7.11 Å². The molecule has 1 rings (SSSR count). The van der Waals surface area contributed by atoms with Crippen LogP contribution in [0.5, 0.6) is 0 Å². The Balaban J connectivity index is 0. The molecule has 0 spiro atoms. The number of hydrogen-bond acceptors (Lipinski definition) is 3. The highest BCUT2D eigenvalue weighted by molar-refractivity contribution is 5.72. The maximum absolute atomic E-state index is 10.9. The number of aryl methyl sites for hydroxylation is 1. The lowest BCUT2D eigenvalue weighted by Gasteiger charge is -2.01. The number of pyridine rings is 1. The van der Waals surface area contributed by atoms with Crippen LogP contribution in [0.25, 0.3) is 0 Å². The Labute approximate surface area is 98.9 Å². The van der Waals surface area contributed by atoms with Gasteiger partial charge in [0.25, 0.3) is 0 Å². The molecule has 1 aromatic heterocycles. The predicted molar refractivity (Wildman–Crippen MR) is 67.4 cm³/mol. The fourth-order valence-corrected chi connectivity index (χ4v) is 0.932. The van der Waals surface area contributed by atoms with E-state index in [1.807, 2.05) is 46.8 Å². The minimum atomic E-state index is -0.230. The maximum atomic E-state index is 10.9. The summed E-state index contributed by atoms with van der Waals surface area (Å²) in [5, 5.41) is 0. The lowest BCUT2D eigenvalue weighted by molar-refractivity contribution is -0.139. The Morgan fingerprint density at radius 2 is 1.88 bits per heavy atom. The molecule has 1 heterocycles. The van der Waals surface area contributed by atoms with Crippen molar-refractivity contribution in [2.45, 2.75) is 41.0 Å². The maximum Gasteiger partial charge on any atom is 0.310 e. The highest BCUT2D eigenvalue weighted by atomic mass is 16.5. The fourth-order valence-electron chi connectivity index (χ4n) is 0.932. The number of hydrogen-bond donors (Lipinski definition) is 0. The molecule has 0 aliphatic heterocycles. The van der Waals surface area contributed by atoms with E-state index in [-0.39, 0.29) is 5.97 Å². The van der Waals surface area contributed by atoms with Crippen LogP contribution in [-0.2, 0) is 16.0 Å². The number of rotatable bonds is 2. The summed E-state index contributed by atoms with van der Waals surface area (Å²) in [6, 6.07) is 3.69. The third kappa shape index (κ3) is 6.98. The van der Waals surface area contributed by atoms with E-state index in [4.69, 9.17) is 0 Å². The van der Waals surface area contributed by atoms with Crippen LogP contribution in [0.1, 0.15) is 39.0 Å². The van der Waals surface area contributed by atoms with Gasteiger partial charge in [-0.25, -0.2) is 0 Å². The van der Waals surface area contributed by atoms with Gasteiger partial charge in [0.05, 0.1) is 13.5 Å². The third-order valence-corrected chi connectivity index (χ3v) is 1.68. The molecule has 0 atom stereocenters. The summed E-state index contributed by atoms with van der Waals surface area (Å²) >= 11 is 0. The van der Waals surface area contributed by atoms with E-state index >= 15 is 0 Å². The number of carbonyl (C=O) groups excluding carboxylic acids is 1. The topological polar surface area (TPSA) is 39.2 Å². The molecule has 16 heavy (non-hydrogen) atoms. The highest BCUT2D eigenvalue weighted by Crippen LogP contribution is 2.04. The third-order valence-electron chi connectivity index (χ3n) is 1.68. The van der Waals surface area contributed by atoms with Crippen LogP contribution in [0.3, 0.4) is 0 Å². The van der Waals surface area contributed by atoms with Gasteiger partial charge in [0.2, 0.25) is 0 Å². The second-order valence-corrected chi connectivity index (χ2v) is 2.50. The lowest BCUT2D eigenvalue weighted by atomic mass is 10.1. The standard InChI is InChI=1S/C9H11NO2.2C2H6/c1-7-8(4-3-5-10-7)6-9(11)12-2;2*1-2/h3-5H,6H2,1-2H3;2*1-2H3. The summed E-state index contributed by atoms with van der Waals surface area (Å²) in [7, 11) is 1.38. The second-order valence-electron chi connectivity index (χ2n) is 2.50. The molecule has 0 bridgehead atoms. The lowest BCUT2D eigenvalue weighted by Crippen LogP contribution is -2.06. The average Bonchev–Trinajstić information content (AvgIpc) is 2.37. The molecule has 1 aromatic rings. The molecule has 0 amide bonds. The smallest absolute Gasteiger partial charge is 0.310 e. The summed E-state index contributed by atoms with van der Waals surface area (Å²) in [6.07, 6.45) is 2.01. The Hall–Kier alpha value is -1.38. The van der Waals surface area contributed by atoms with E-state index in [9.17, 15) is 4.79 Å². The summed E-state index contributed by atoms with van der Waals surface area (Å²) in [6.45, 7) is 9.87. The molecule has 0 radical (unpaired) electrons. The Bertz CT molecular complexity index is 285. The van der Waals surface area contributed by atoms with E-state index in [0.717, 1.165) is 11.3 Å². The summed E-state index contributed by atoms with van der Waals surface area (Å²) in [4.78, 5) is 14.9. The van der Waals surface area contributed by atoms with Crippen LogP contribution in [0, 0.1) is 6.92 Å². The van der Waals surface area contributed by atoms with Gasteiger partial charge < -0.3 is 4.74 Å². The Morgan fingerprint density at radius 3 is 2.31 bits per heavy atom. The van der Waals surface area contributed by atoms with Crippen molar-refractivity contribution in [3.05, 3.63) is 29.6 Å². The summed E-state index contributed by atoms with van der Waals surface area (Å²) in [5.74, 6) is -0.230. The zero-order valence-corrected chi connectivity index (χ0v) is 11.2. The zero-order chi connectivity index (χ0) is 13.0. The molecular weight excluding hydrogens is 202 g/mol. The molecule has 0 aliphatic carbocycles. The minimum Gasteiger partial charge on any atom is -0.469 e. The Morgan fingerprint density at radius 1 is 1.31 bits per heavy atom. The summed E-state index contributed by atoms with van der Waals surface area (Å²) in [5.41, 5.74) is 1.80. The van der Waals surface area contributed by atoms with Crippen molar-refractivity contribution in [3.63, 3.8) is 0 Å². The molecule has 0 N–H and O–H groups in total. The molecular formula is C13H23NO2. The van der Waals surface area contributed by atoms with Crippen molar-refractivity contribution in [1.29, 1.82) is 0 Å². The normalized spacial score (nSPS) is 7.88. The number of nitrogens with zero attached hydrogens (tertiary/aromatic N) is 1. The molecule has 0 saturated heterocycles. The van der Waals surface area contributed by atoms with Crippen molar-refractivity contribution < 1.29 is 9.53 Å². The molecule has 0 aromatic carbocycles. The minimum absolute atomic E-state index is 0.230. The zero-order valence-electron chi connectivity index (χ0n) is 11.2. The number of esters is 1. The second kappa shape index (κ2) is 11.7. The van der Waals surface area contributed by atoms with E-state index in [0.29, 0.717) is 6.42 Å². The average molecular weight is 225 g/mol. The van der Waals surface area contributed by atoms with Crippen molar-refractivity contribution in [1.82, 2.24) is 4.98 Å². The van der Waals surface area contributed by atoms with Gasteiger partial charge in [-0.05, 0) is 18.6 Å². The number of methoxy groups -OCH3 is 1. The van der Waals surface area contributed by atoms with Gasteiger partial charge in [0.15, 0.2) is 0 Å². The first-order valence-electron chi connectivity index (χ1n) is 5.71. The first kappa shape index (κ1) is 17.0. The number of carbonyl (C=O) groups is 1. The molecule has 0 aliphatic rings. The molecule has 3 heteroatoms. The van der Waals surface area contributed by atoms with Crippen molar-refractivity contribution in [3.8, 4) is 0 Å². The fraction of sp³-hybridized carbons (Fsp3) is 0.538. The van der Waals surface area contributed by atoms with Gasteiger partial charge in [-0.3, -0.25) is 9.78 Å². The van der Waals surface area contributed by atoms with Crippen LogP contribution in [0.15, 0.2) is 18.3 Å². The van der Waals surface area contributed by atoms with Crippen LogP contribution in [-0.4, -0.2) is 18.1 Å². The van der Waals surface area contributed by atoms with Gasteiger partial charge in [-0.1, -0.05) is 33.8 Å². The highest BCUT2D eigenvalue weighted by Gasteiger charge is 2.04. The van der Waals surface area contributed by atoms with Crippen LogP contribution in [0.4, 0.5) is 0 Å². The predicted octanol–water partition coefficient (Wildman–Crippen LogP) is 3.16. The number of ether oxygens (including phenoxy) is 1. The van der Waals surface area contributed by atoms with Gasteiger partial charge in [0, 0.05) is 11.9 Å². The van der Waals surface area contributed by atoms with Crippen LogP contribution >= 0.6 is 0 Å². The van der Waals surface area contributed by atoms with Gasteiger partial charge in [0.1, 0.15) is 0 Å². The Kier molecular flexibility index (Phi) is 12.4. The van der Waals surface area contributed by atoms with E-state index < -0.39 is 0 Å². The first-order valence-corrected chi connectivity index (χ1v) is 5.71. The molecule has 0 fully saturated rings. The van der Waals surface area contributed by atoms with E-state index in [1.165, 1.54) is 7.11 Å².